The molecule has 1 atom stereocenters. The topological polar surface area (TPSA) is 39.1 Å². The number of aromatic nitrogens is 2. The Kier molecular flexibility index (Phi) is 3.74. The molecule has 0 aliphatic carbocycles. The number of aryl methyl sites for hydroxylation is 1. The summed E-state index contributed by atoms with van der Waals surface area (Å²) in [5.74, 6) is 0.884. The normalized spacial score (nSPS) is 19.0. The average Bonchev–Trinajstić information content (AvgIpc) is 2.90. The van der Waals surface area contributed by atoms with Crippen molar-refractivity contribution in [2.75, 3.05) is 13.7 Å². The van der Waals surface area contributed by atoms with E-state index in [1.807, 2.05) is 30.1 Å². The van der Waals surface area contributed by atoms with E-state index in [0.29, 0.717) is 6.04 Å². The lowest BCUT2D eigenvalue weighted by atomic mass is 9.96. The van der Waals surface area contributed by atoms with Crippen molar-refractivity contribution in [3.8, 4) is 16.9 Å². The lowest BCUT2D eigenvalue weighted by Gasteiger charge is -2.25. The summed E-state index contributed by atoms with van der Waals surface area (Å²) in [7, 11) is 3.72. The number of nitrogens with one attached hydrogen (secondary N) is 1. The van der Waals surface area contributed by atoms with Gasteiger partial charge >= 0.3 is 0 Å². The molecule has 1 unspecified atom stereocenters. The van der Waals surface area contributed by atoms with Crippen LogP contribution in [0, 0.1) is 0 Å². The third kappa shape index (κ3) is 2.43. The molecular formula is C16H21N3O. The predicted octanol–water partition coefficient (Wildman–Crippen LogP) is 2.91. The van der Waals surface area contributed by atoms with Gasteiger partial charge in [0.2, 0.25) is 0 Å². The van der Waals surface area contributed by atoms with Crippen LogP contribution in [0.3, 0.4) is 0 Å². The average molecular weight is 271 g/mol. The van der Waals surface area contributed by atoms with Gasteiger partial charge in [0.25, 0.3) is 0 Å². The zero-order chi connectivity index (χ0) is 13.9. The van der Waals surface area contributed by atoms with E-state index in [1.165, 1.54) is 36.1 Å². The molecule has 1 N–H and O–H groups in total. The van der Waals surface area contributed by atoms with E-state index >= 15 is 0 Å². The molecule has 1 aliphatic heterocycles. The minimum Gasteiger partial charge on any atom is -0.497 e. The van der Waals surface area contributed by atoms with Crippen LogP contribution in [0.5, 0.6) is 5.75 Å². The zero-order valence-electron chi connectivity index (χ0n) is 12.1. The highest BCUT2D eigenvalue weighted by Gasteiger charge is 2.22. The zero-order valence-corrected chi connectivity index (χ0v) is 12.1. The van der Waals surface area contributed by atoms with Gasteiger partial charge < -0.3 is 10.1 Å². The molecule has 4 nitrogen and oxygen atoms in total. The van der Waals surface area contributed by atoms with Crippen molar-refractivity contribution < 1.29 is 4.74 Å². The summed E-state index contributed by atoms with van der Waals surface area (Å²) in [5.41, 5.74) is 3.70. The van der Waals surface area contributed by atoms with Crippen LogP contribution in [0.15, 0.2) is 30.5 Å². The maximum Gasteiger partial charge on any atom is 0.118 e. The van der Waals surface area contributed by atoms with Crippen molar-refractivity contribution in [1.29, 1.82) is 0 Å². The molecule has 3 rings (SSSR count). The number of nitrogens with zero attached hydrogens (tertiary/aromatic N) is 2. The van der Waals surface area contributed by atoms with Gasteiger partial charge in [-0.05, 0) is 37.1 Å². The van der Waals surface area contributed by atoms with Gasteiger partial charge in [0, 0.05) is 18.7 Å². The summed E-state index contributed by atoms with van der Waals surface area (Å²) in [4.78, 5) is 0. The third-order valence-corrected chi connectivity index (χ3v) is 4.03. The first-order chi connectivity index (χ1) is 9.79. The van der Waals surface area contributed by atoms with Crippen LogP contribution in [0.2, 0.25) is 0 Å². The molecule has 2 aromatic rings. The van der Waals surface area contributed by atoms with Gasteiger partial charge in [-0.1, -0.05) is 18.6 Å². The van der Waals surface area contributed by atoms with Gasteiger partial charge in [0.05, 0.1) is 19.0 Å². The van der Waals surface area contributed by atoms with Gasteiger partial charge in [-0.2, -0.15) is 5.10 Å². The van der Waals surface area contributed by atoms with E-state index < -0.39 is 0 Å². The van der Waals surface area contributed by atoms with Crippen molar-refractivity contribution in [2.45, 2.75) is 25.3 Å². The van der Waals surface area contributed by atoms with E-state index in [4.69, 9.17) is 4.74 Å². The lowest BCUT2D eigenvalue weighted by Crippen LogP contribution is -2.28. The number of ether oxygens (including phenoxy) is 1. The molecule has 4 heteroatoms. The van der Waals surface area contributed by atoms with Gasteiger partial charge in [-0.25, -0.2) is 0 Å². The molecule has 1 aliphatic rings. The Morgan fingerprint density at radius 2 is 2.05 bits per heavy atom. The highest BCUT2D eigenvalue weighted by atomic mass is 16.5. The van der Waals surface area contributed by atoms with Crippen LogP contribution in [0.4, 0.5) is 0 Å². The Morgan fingerprint density at radius 1 is 1.25 bits per heavy atom. The number of methoxy groups -OCH3 is 1. The first-order valence-electron chi connectivity index (χ1n) is 7.19. The van der Waals surface area contributed by atoms with E-state index in [-0.39, 0.29) is 0 Å². The molecule has 1 fully saturated rings. The van der Waals surface area contributed by atoms with Gasteiger partial charge in [-0.15, -0.1) is 0 Å². The molecule has 0 saturated carbocycles. The first kappa shape index (κ1) is 13.2. The molecule has 2 heterocycles. The summed E-state index contributed by atoms with van der Waals surface area (Å²) in [5, 5.41) is 8.07. The molecule has 1 saturated heterocycles. The van der Waals surface area contributed by atoms with Crippen LogP contribution < -0.4 is 10.1 Å². The van der Waals surface area contributed by atoms with Crippen molar-refractivity contribution in [1.82, 2.24) is 15.1 Å². The summed E-state index contributed by atoms with van der Waals surface area (Å²) in [6.07, 6.45) is 5.70. The van der Waals surface area contributed by atoms with Gasteiger partial charge in [-0.3, -0.25) is 4.68 Å². The smallest absolute Gasteiger partial charge is 0.118 e. The van der Waals surface area contributed by atoms with Crippen LogP contribution in [0.25, 0.3) is 11.1 Å². The Morgan fingerprint density at radius 3 is 2.70 bits per heavy atom. The van der Waals surface area contributed by atoms with E-state index in [0.717, 1.165) is 12.3 Å². The molecule has 106 valence electrons. The Bertz CT molecular complexity index is 568. The fraction of sp³-hybridized carbons (Fsp3) is 0.438. The number of rotatable bonds is 3. The predicted molar refractivity (Wildman–Crippen MR) is 79.8 cm³/mol. The summed E-state index contributed by atoms with van der Waals surface area (Å²) in [6, 6.07) is 8.61. The fourth-order valence-electron chi connectivity index (χ4n) is 2.94. The fourth-order valence-corrected chi connectivity index (χ4v) is 2.94. The van der Waals surface area contributed by atoms with Crippen molar-refractivity contribution in [3.05, 3.63) is 36.2 Å². The standard InChI is InChI=1S/C16H21N3O/c1-19-16(15-5-3-4-10-17-15)14(11-18-19)12-6-8-13(20-2)9-7-12/h6-9,11,15,17H,3-5,10H2,1-2H3. The largest absolute Gasteiger partial charge is 0.497 e. The van der Waals surface area contributed by atoms with Gasteiger partial charge in [0.1, 0.15) is 5.75 Å². The Labute approximate surface area is 119 Å². The van der Waals surface area contributed by atoms with Crippen LogP contribution in [-0.2, 0) is 7.05 Å². The second-order valence-corrected chi connectivity index (χ2v) is 5.30. The highest BCUT2D eigenvalue weighted by Crippen LogP contribution is 2.32. The minimum absolute atomic E-state index is 0.411. The quantitative estimate of drug-likeness (QED) is 0.933. The summed E-state index contributed by atoms with van der Waals surface area (Å²) >= 11 is 0. The molecule has 1 aromatic heterocycles. The SMILES string of the molecule is COc1ccc(-c2cnn(C)c2C2CCCCN2)cc1. The van der Waals surface area contributed by atoms with Crippen LogP contribution in [-0.4, -0.2) is 23.4 Å². The maximum atomic E-state index is 5.22. The molecule has 20 heavy (non-hydrogen) atoms. The van der Waals surface area contributed by atoms with Crippen LogP contribution >= 0.6 is 0 Å². The first-order valence-corrected chi connectivity index (χ1v) is 7.19. The second kappa shape index (κ2) is 5.67. The summed E-state index contributed by atoms with van der Waals surface area (Å²) < 4.78 is 7.23. The second-order valence-electron chi connectivity index (χ2n) is 5.30. The van der Waals surface area contributed by atoms with Crippen LogP contribution in [0.1, 0.15) is 31.0 Å². The molecular weight excluding hydrogens is 250 g/mol. The Balaban J connectivity index is 1.96. The molecule has 0 radical (unpaired) electrons. The lowest BCUT2D eigenvalue weighted by molar-refractivity contribution is 0.394. The number of benzene rings is 1. The molecule has 0 spiro atoms. The highest BCUT2D eigenvalue weighted by molar-refractivity contribution is 5.66. The monoisotopic (exact) mass is 271 g/mol. The summed E-state index contributed by atoms with van der Waals surface area (Å²) in [6.45, 7) is 1.10. The number of hydrogen-bond acceptors (Lipinski definition) is 3. The number of hydrogen-bond donors (Lipinski definition) is 1. The van der Waals surface area contributed by atoms with E-state index in [1.54, 1.807) is 7.11 Å². The van der Waals surface area contributed by atoms with Crippen molar-refractivity contribution in [3.63, 3.8) is 0 Å². The maximum absolute atomic E-state index is 5.22. The molecule has 0 amide bonds. The third-order valence-electron chi connectivity index (χ3n) is 4.03. The Hall–Kier alpha value is -1.81. The number of piperidine rings is 1. The van der Waals surface area contributed by atoms with E-state index in [9.17, 15) is 0 Å². The van der Waals surface area contributed by atoms with Gasteiger partial charge in [0.15, 0.2) is 0 Å². The van der Waals surface area contributed by atoms with Crippen molar-refractivity contribution in [2.24, 2.45) is 7.05 Å². The molecule has 0 bridgehead atoms. The van der Waals surface area contributed by atoms with Crippen molar-refractivity contribution >= 4 is 0 Å². The molecule has 1 aromatic carbocycles. The minimum atomic E-state index is 0.411. The van der Waals surface area contributed by atoms with E-state index in [2.05, 4.69) is 22.5 Å².